The molecule has 0 radical (unpaired) electrons. The molecule has 0 unspecified atom stereocenters. The van der Waals surface area contributed by atoms with Crippen molar-refractivity contribution in [1.82, 2.24) is 15.3 Å². The van der Waals surface area contributed by atoms with Gasteiger partial charge < -0.3 is 15.0 Å². The third kappa shape index (κ3) is 5.87. The van der Waals surface area contributed by atoms with Crippen LogP contribution >= 0.6 is 0 Å². The number of aryl methyl sites for hydroxylation is 1. The number of nitrogens with one attached hydrogen (secondary N) is 1. The molecular weight excluding hydrogens is 240 g/mol. The Morgan fingerprint density at radius 3 is 2.68 bits per heavy atom. The minimum absolute atomic E-state index is 0.124. The lowest BCUT2D eigenvalue weighted by atomic mass is 10.4. The summed E-state index contributed by atoms with van der Waals surface area (Å²) in [6.07, 6.45) is 1.27. The molecule has 19 heavy (non-hydrogen) atoms. The highest BCUT2D eigenvalue weighted by Crippen LogP contribution is 2.15. The largest absolute Gasteiger partial charge is 0.475 e. The number of anilines is 1. The first-order valence-corrected chi connectivity index (χ1v) is 6.97. The van der Waals surface area contributed by atoms with Crippen molar-refractivity contribution in [2.45, 2.75) is 40.2 Å². The molecule has 5 nitrogen and oxygen atoms in total. The van der Waals surface area contributed by atoms with Gasteiger partial charge >= 0.3 is 0 Å². The number of ether oxygens (including phenoxy) is 1. The van der Waals surface area contributed by atoms with Crippen LogP contribution in [0, 0.1) is 6.92 Å². The molecule has 0 saturated carbocycles. The second-order valence-electron chi connectivity index (χ2n) is 4.99. The zero-order chi connectivity index (χ0) is 14.3. The molecule has 0 aromatic carbocycles. The molecular formula is C14H26N4O. The fraction of sp³-hybridized carbons (Fsp3) is 0.714. The van der Waals surface area contributed by atoms with Crippen LogP contribution in [0.5, 0.6) is 5.88 Å². The van der Waals surface area contributed by atoms with Gasteiger partial charge in [0.1, 0.15) is 0 Å². The highest BCUT2D eigenvalue weighted by Gasteiger charge is 2.08. The minimum atomic E-state index is 0.124. The molecule has 0 spiro atoms. The van der Waals surface area contributed by atoms with Gasteiger partial charge in [0.2, 0.25) is 11.8 Å². The second kappa shape index (κ2) is 7.94. The summed E-state index contributed by atoms with van der Waals surface area (Å²) in [5.41, 5.74) is 0.925. The van der Waals surface area contributed by atoms with Crippen molar-refractivity contribution >= 4 is 5.95 Å². The number of hydrogen-bond acceptors (Lipinski definition) is 5. The number of nitrogens with zero attached hydrogens (tertiary/aromatic N) is 3. The van der Waals surface area contributed by atoms with Crippen LogP contribution in [-0.2, 0) is 0 Å². The zero-order valence-corrected chi connectivity index (χ0v) is 12.7. The van der Waals surface area contributed by atoms with E-state index >= 15 is 0 Å². The average Bonchev–Trinajstić information content (AvgIpc) is 2.32. The van der Waals surface area contributed by atoms with Crippen molar-refractivity contribution in [3.05, 3.63) is 11.8 Å². The third-order valence-electron chi connectivity index (χ3n) is 2.57. The first-order valence-electron chi connectivity index (χ1n) is 6.97. The van der Waals surface area contributed by atoms with E-state index in [0.29, 0.717) is 11.8 Å². The van der Waals surface area contributed by atoms with Crippen LogP contribution in [-0.4, -0.2) is 42.8 Å². The molecule has 1 heterocycles. The van der Waals surface area contributed by atoms with E-state index in [-0.39, 0.29) is 6.10 Å². The van der Waals surface area contributed by atoms with Crippen molar-refractivity contribution in [2.75, 3.05) is 31.6 Å². The van der Waals surface area contributed by atoms with Crippen LogP contribution in [0.25, 0.3) is 0 Å². The van der Waals surface area contributed by atoms with Crippen LogP contribution < -0.4 is 15.0 Å². The lowest BCUT2D eigenvalue weighted by molar-refractivity contribution is 0.232. The van der Waals surface area contributed by atoms with E-state index < -0.39 is 0 Å². The van der Waals surface area contributed by atoms with E-state index in [2.05, 4.69) is 22.2 Å². The summed E-state index contributed by atoms with van der Waals surface area (Å²) >= 11 is 0. The van der Waals surface area contributed by atoms with Gasteiger partial charge in [0.25, 0.3) is 0 Å². The normalized spacial score (nSPS) is 10.8. The van der Waals surface area contributed by atoms with Crippen molar-refractivity contribution < 1.29 is 4.74 Å². The number of rotatable bonds is 8. The SMILES string of the molecule is CCCNCCN(C)c1nc(C)cc(OC(C)C)n1. The number of likely N-dealkylation sites (N-methyl/N-ethyl adjacent to an activating group) is 1. The maximum absolute atomic E-state index is 5.64. The highest BCUT2D eigenvalue weighted by atomic mass is 16.5. The predicted octanol–water partition coefficient (Wildman–Crippen LogP) is 2.01. The van der Waals surface area contributed by atoms with Crippen LogP contribution in [0.15, 0.2) is 6.07 Å². The summed E-state index contributed by atoms with van der Waals surface area (Å²) in [4.78, 5) is 10.9. The number of hydrogen-bond donors (Lipinski definition) is 1. The van der Waals surface area contributed by atoms with Gasteiger partial charge in [-0.15, -0.1) is 0 Å². The zero-order valence-electron chi connectivity index (χ0n) is 12.7. The predicted molar refractivity (Wildman–Crippen MR) is 79.0 cm³/mol. The van der Waals surface area contributed by atoms with Gasteiger partial charge in [-0.3, -0.25) is 0 Å². The molecule has 1 aromatic heterocycles. The summed E-state index contributed by atoms with van der Waals surface area (Å²) in [6.45, 7) is 11.0. The highest BCUT2D eigenvalue weighted by molar-refractivity contribution is 5.33. The van der Waals surface area contributed by atoms with E-state index in [9.17, 15) is 0 Å². The lowest BCUT2D eigenvalue weighted by Crippen LogP contribution is -2.30. The Labute approximate surface area is 116 Å². The summed E-state index contributed by atoms with van der Waals surface area (Å²) < 4.78 is 5.64. The molecule has 0 aliphatic rings. The Kier molecular flexibility index (Phi) is 6.56. The third-order valence-corrected chi connectivity index (χ3v) is 2.57. The van der Waals surface area contributed by atoms with Gasteiger partial charge in [-0.05, 0) is 33.7 Å². The Bertz CT molecular complexity index is 382. The molecule has 1 aromatic rings. The first-order chi connectivity index (χ1) is 9.02. The first kappa shape index (κ1) is 15.7. The topological polar surface area (TPSA) is 50.3 Å². The van der Waals surface area contributed by atoms with Gasteiger partial charge in [0.05, 0.1) is 6.10 Å². The second-order valence-corrected chi connectivity index (χ2v) is 4.99. The Morgan fingerprint density at radius 1 is 1.32 bits per heavy atom. The van der Waals surface area contributed by atoms with E-state index in [0.717, 1.165) is 31.7 Å². The van der Waals surface area contributed by atoms with Gasteiger partial charge in [0.15, 0.2) is 0 Å². The average molecular weight is 266 g/mol. The van der Waals surface area contributed by atoms with Gasteiger partial charge in [-0.25, -0.2) is 4.98 Å². The van der Waals surface area contributed by atoms with E-state index in [1.165, 1.54) is 0 Å². The fourth-order valence-corrected chi connectivity index (χ4v) is 1.65. The maximum Gasteiger partial charge on any atom is 0.228 e. The van der Waals surface area contributed by atoms with E-state index in [1.807, 2.05) is 38.8 Å². The number of aromatic nitrogens is 2. The van der Waals surface area contributed by atoms with Gasteiger partial charge in [-0.2, -0.15) is 4.98 Å². The van der Waals surface area contributed by atoms with E-state index in [1.54, 1.807) is 0 Å². The molecule has 0 fully saturated rings. The molecule has 0 atom stereocenters. The molecule has 1 N–H and O–H groups in total. The van der Waals surface area contributed by atoms with Gasteiger partial charge in [0, 0.05) is 31.9 Å². The molecule has 1 rings (SSSR count). The minimum Gasteiger partial charge on any atom is -0.475 e. The Balaban J connectivity index is 2.62. The monoisotopic (exact) mass is 266 g/mol. The molecule has 0 aliphatic heterocycles. The van der Waals surface area contributed by atoms with Crippen molar-refractivity contribution in [3.63, 3.8) is 0 Å². The summed E-state index contributed by atoms with van der Waals surface area (Å²) in [7, 11) is 2.00. The summed E-state index contributed by atoms with van der Waals surface area (Å²) in [6, 6.07) is 1.87. The van der Waals surface area contributed by atoms with Crippen molar-refractivity contribution in [3.8, 4) is 5.88 Å². The molecule has 5 heteroatoms. The Hall–Kier alpha value is -1.36. The fourth-order valence-electron chi connectivity index (χ4n) is 1.65. The standard InChI is InChI=1S/C14H26N4O/c1-6-7-15-8-9-18(5)14-16-12(4)10-13(17-14)19-11(2)3/h10-11,15H,6-9H2,1-5H3. The Morgan fingerprint density at radius 2 is 2.05 bits per heavy atom. The van der Waals surface area contributed by atoms with Gasteiger partial charge in [-0.1, -0.05) is 6.92 Å². The summed E-state index contributed by atoms with van der Waals surface area (Å²) in [5.74, 6) is 1.36. The molecule has 0 aliphatic carbocycles. The molecule has 0 amide bonds. The van der Waals surface area contributed by atoms with Crippen LogP contribution in [0.2, 0.25) is 0 Å². The van der Waals surface area contributed by atoms with Crippen LogP contribution in [0.1, 0.15) is 32.9 Å². The van der Waals surface area contributed by atoms with Crippen LogP contribution in [0.4, 0.5) is 5.95 Å². The quantitative estimate of drug-likeness (QED) is 0.729. The summed E-state index contributed by atoms with van der Waals surface area (Å²) in [5, 5.41) is 3.37. The molecule has 108 valence electrons. The lowest BCUT2D eigenvalue weighted by Gasteiger charge is -2.19. The molecule has 0 bridgehead atoms. The van der Waals surface area contributed by atoms with E-state index in [4.69, 9.17) is 4.74 Å². The smallest absolute Gasteiger partial charge is 0.228 e. The van der Waals surface area contributed by atoms with Crippen LogP contribution in [0.3, 0.4) is 0 Å². The molecule has 0 saturated heterocycles. The van der Waals surface area contributed by atoms with Crippen molar-refractivity contribution in [1.29, 1.82) is 0 Å². The maximum atomic E-state index is 5.64. The van der Waals surface area contributed by atoms with Crippen molar-refractivity contribution in [2.24, 2.45) is 0 Å².